The van der Waals surface area contributed by atoms with Gasteiger partial charge in [-0.15, -0.1) is 0 Å². The number of carbonyl (C=O) groups is 1. The van der Waals surface area contributed by atoms with Gasteiger partial charge in [0, 0.05) is 19.3 Å². The van der Waals surface area contributed by atoms with E-state index in [0.29, 0.717) is 41.9 Å². The zero-order valence-electron chi connectivity index (χ0n) is 21.3. The van der Waals surface area contributed by atoms with Crippen LogP contribution in [-0.2, 0) is 21.2 Å². The Hall–Kier alpha value is -3.43. The van der Waals surface area contributed by atoms with E-state index in [1.54, 1.807) is 6.08 Å². The van der Waals surface area contributed by atoms with E-state index >= 15 is 0 Å². The van der Waals surface area contributed by atoms with Crippen LogP contribution in [-0.4, -0.2) is 37.5 Å². The van der Waals surface area contributed by atoms with Crippen LogP contribution in [0.15, 0.2) is 66.2 Å². The number of halogens is 1. The lowest BCUT2D eigenvalue weighted by molar-refractivity contribution is -0.139. The summed E-state index contributed by atoms with van der Waals surface area (Å²) in [6, 6.07) is 9.62. The predicted molar refractivity (Wildman–Crippen MR) is 143 cm³/mol. The molecule has 37 heavy (non-hydrogen) atoms. The zero-order valence-corrected chi connectivity index (χ0v) is 22.1. The number of nitrogens with zero attached hydrogens (tertiary/aromatic N) is 1. The number of allylic oxidation sites excluding steroid dienone is 3. The smallest absolute Gasteiger partial charge is 0.341 e. The largest absolute Gasteiger partial charge is 0.482 e. The highest BCUT2D eigenvalue weighted by molar-refractivity contribution is 7.93. The van der Waals surface area contributed by atoms with E-state index < -0.39 is 34.5 Å². The number of ether oxygens (including phenoxy) is 1. The molecule has 9 heteroatoms. The van der Waals surface area contributed by atoms with Gasteiger partial charge in [-0.05, 0) is 65.1 Å². The first-order chi connectivity index (χ1) is 17.4. The van der Waals surface area contributed by atoms with Gasteiger partial charge in [-0.3, -0.25) is 0 Å². The van der Waals surface area contributed by atoms with Crippen molar-refractivity contribution in [3.63, 3.8) is 0 Å². The monoisotopic (exact) mass is 528 g/mol. The Labute approximate surface area is 217 Å². The van der Waals surface area contributed by atoms with Crippen molar-refractivity contribution in [1.29, 1.82) is 0 Å². The summed E-state index contributed by atoms with van der Waals surface area (Å²) >= 11 is 0. The molecule has 0 bridgehead atoms. The maximum absolute atomic E-state index is 14.4. The Morgan fingerprint density at radius 1 is 1.30 bits per heavy atom. The molecule has 3 rings (SSSR count). The predicted octanol–water partition coefficient (Wildman–Crippen LogP) is 5.12. The molecule has 7 nitrogen and oxygen atoms in total. The van der Waals surface area contributed by atoms with Crippen LogP contribution in [0.5, 0.6) is 5.75 Å². The number of fused-ring (bicyclic) bond motifs is 1. The van der Waals surface area contributed by atoms with Crippen molar-refractivity contribution in [2.24, 2.45) is 5.73 Å². The molecule has 0 fully saturated rings. The summed E-state index contributed by atoms with van der Waals surface area (Å²) in [5, 5.41) is 8.94. The van der Waals surface area contributed by atoms with Crippen LogP contribution in [0.3, 0.4) is 0 Å². The third-order valence-corrected chi connectivity index (χ3v) is 8.30. The summed E-state index contributed by atoms with van der Waals surface area (Å²) in [5.41, 5.74) is 9.54. The number of nitrogens with two attached hydrogens (primary N) is 1. The highest BCUT2D eigenvalue weighted by Gasteiger charge is 2.34. The normalized spacial score (nSPS) is 16.3. The van der Waals surface area contributed by atoms with E-state index in [1.165, 1.54) is 29.7 Å². The second kappa shape index (κ2) is 11.7. The molecule has 3 N–H and O–H groups in total. The van der Waals surface area contributed by atoms with E-state index in [9.17, 15) is 17.6 Å². The molecule has 0 saturated carbocycles. The minimum Gasteiger partial charge on any atom is -0.482 e. The molecular weight excluding hydrogens is 495 g/mol. The van der Waals surface area contributed by atoms with E-state index in [1.807, 2.05) is 24.3 Å². The van der Waals surface area contributed by atoms with Crippen LogP contribution in [0.2, 0.25) is 0 Å². The number of carboxylic acids is 1. The van der Waals surface area contributed by atoms with Crippen LogP contribution < -0.4 is 10.5 Å². The number of benzene rings is 2. The first-order valence-electron chi connectivity index (χ1n) is 12.0. The number of rotatable bonds is 10. The van der Waals surface area contributed by atoms with Gasteiger partial charge in [-0.25, -0.2) is 17.6 Å². The lowest BCUT2D eigenvalue weighted by atomic mass is 9.87. The number of aliphatic carboxylic acids is 1. The molecule has 2 aromatic rings. The van der Waals surface area contributed by atoms with Gasteiger partial charge in [-0.2, -0.15) is 4.31 Å². The number of sulfonamides is 1. The van der Waals surface area contributed by atoms with E-state index in [4.69, 9.17) is 15.6 Å². The van der Waals surface area contributed by atoms with Gasteiger partial charge in [0.25, 0.3) is 0 Å². The van der Waals surface area contributed by atoms with Gasteiger partial charge in [0.05, 0.1) is 10.9 Å². The molecule has 0 amide bonds. The topological polar surface area (TPSA) is 110 Å². The first-order valence-corrected chi connectivity index (χ1v) is 13.4. The standard InChI is InChI=1S/C28H33FN2O5S/c1-18(2)20-7-5-8-21(13-20)22(16-30)12-11-19(3)37(34,35)31(4)26-10-6-9-24-25(26)14-23(29)15-27(24)36-17-28(32)33/h5,7-8,11-16,18,26H,3,6,9-10,17,30H2,1-2,4H3,(H,32,33)/b12-11-,22-16+. The van der Waals surface area contributed by atoms with Crippen LogP contribution >= 0.6 is 0 Å². The van der Waals surface area contributed by atoms with Crippen molar-refractivity contribution in [2.45, 2.75) is 45.1 Å². The summed E-state index contributed by atoms with van der Waals surface area (Å²) in [5.74, 6) is -1.37. The van der Waals surface area contributed by atoms with Gasteiger partial charge < -0.3 is 15.6 Å². The Balaban J connectivity index is 1.87. The fraction of sp³-hybridized carbons (Fsp3) is 0.321. The SMILES string of the molecule is C=C(/C=C\C(=C/N)c1cccc(C(C)C)c1)S(=O)(=O)N(C)C1CCCc2c(OCC(=O)O)cc(F)cc21. The van der Waals surface area contributed by atoms with Crippen molar-refractivity contribution >= 4 is 21.6 Å². The molecule has 2 aromatic carbocycles. The molecule has 1 aliphatic rings. The molecule has 0 radical (unpaired) electrons. The lowest BCUT2D eigenvalue weighted by Gasteiger charge is -2.33. The summed E-state index contributed by atoms with van der Waals surface area (Å²) in [6.45, 7) is 7.33. The van der Waals surface area contributed by atoms with Crippen molar-refractivity contribution in [3.8, 4) is 5.75 Å². The van der Waals surface area contributed by atoms with E-state index in [0.717, 1.165) is 17.2 Å². The van der Waals surface area contributed by atoms with Crippen LogP contribution in [0.4, 0.5) is 4.39 Å². The molecule has 1 atom stereocenters. The maximum Gasteiger partial charge on any atom is 0.341 e. The van der Waals surface area contributed by atoms with Gasteiger partial charge >= 0.3 is 5.97 Å². The third-order valence-electron chi connectivity index (χ3n) is 6.49. The molecule has 1 unspecified atom stereocenters. The van der Waals surface area contributed by atoms with Crippen molar-refractivity contribution < 1.29 is 27.4 Å². The molecule has 0 saturated heterocycles. The minimum atomic E-state index is -4.01. The molecule has 198 valence electrons. The van der Waals surface area contributed by atoms with Crippen molar-refractivity contribution in [1.82, 2.24) is 4.31 Å². The Bertz CT molecular complexity index is 1350. The summed E-state index contributed by atoms with van der Waals surface area (Å²) in [4.78, 5) is 10.8. The fourth-order valence-corrected chi connectivity index (χ4v) is 5.58. The summed E-state index contributed by atoms with van der Waals surface area (Å²) < 4.78 is 47.8. The Kier molecular flexibility index (Phi) is 8.94. The number of carboxylic acid groups (broad SMARTS) is 1. The summed E-state index contributed by atoms with van der Waals surface area (Å²) in [6.07, 6.45) is 6.05. The van der Waals surface area contributed by atoms with Gasteiger partial charge in [0.1, 0.15) is 11.6 Å². The molecular formula is C28H33FN2O5S. The third kappa shape index (κ3) is 6.47. The average molecular weight is 529 g/mol. The second-order valence-corrected chi connectivity index (χ2v) is 11.3. The highest BCUT2D eigenvalue weighted by atomic mass is 32.2. The van der Waals surface area contributed by atoms with Gasteiger partial charge in [0.15, 0.2) is 6.61 Å². The van der Waals surface area contributed by atoms with Gasteiger partial charge in [-0.1, -0.05) is 50.8 Å². The molecule has 0 heterocycles. The fourth-order valence-electron chi connectivity index (χ4n) is 4.42. The maximum atomic E-state index is 14.4. The molecule has 0 spiro atoms. The van der Waals surface area contributed by atoms with E-state index in [-0.39, 0.29) is 10.7 Å². The average Bonchev–Trinajstić information content (AvgIpc) is 2.86. The van der Waals surface area contributed by atoms with Crippen molar-refractivity contribution in [2.75, 3.05) is 13.7 Å². The summed E-state index contributed by atoms with van der Waals surface area (Å²) in [7, 11) is -2.58. The first kappa shape index (κ1) is 28.1. The Morgan fingerprint density at radius 2 is 2.03 bits per heavy atom. The van der Waals surface area contributed by atoms with E-state index in [2.05, 4.69) is 20.4 Å². The zero-order chi connectivity index (χ0) is 27.3. The quantitative estimate of drug-likeness (QED) is 0.414. The lowest BCUT2D eigenvalue weighted by Crippen LogP contribution is -2.34. The van der Waals surface area contributed by atoms with Crippen LogP contribution in [0.1, 0.15) is 60.9 Å². The highest BCUT2D eigenvalue weighted by Crippen LogP contribution is 2.40. The second-order valence-electron chi connectivity index (χ2n) is 9.29. The van der Waals surface area contributed by atoms with Crippen LogP contribution in [0, 0.1) is 5.82 Å². The van der Waals surface area contributed by atoms with Crippen LogP contribution in [0.25, 0.3) is 5.57 Å². The number of hydrogen-bond donors (Lipinski definition) is 2. The Morgan fingerprint density at radius 3 is 2.68 bits per heavy atom. The molecule has 0 aliphatic heterocycles. The molecule has 0 aromatic heterocycles. The minimum absolute atomic E-state index is 0.118. The number of hydrogen-bond acceptors (Lipinski definition) is 5. The molecule has 1 aliphatic carbocycles. The van der Waals surface area contributed by atoms with Gasteiger partial charge in [0.2, 0.25) is 10.0 Å². The van der Waals surface area contributed by atoms with Crippen molar-refractivity contribution in [3.05, 3.63) is 94.3 Å².